The van der Waals surface area contributed by atoms with Gasteiger partial charge in [0.2, 0.25) is 5.91 Å². The molecule has 0 bridgehead atoms. The molecular formula is C9H16ClN3O. The van der Waals surface area contributed by atoms with Gasteiger partial charge in [0.1, 0.15) is 0 Å². The van der Waals surface area contributed by atoms with Crippen LogP contribution in [0.25, 0.3) is 0 Å². The van der Waals surface area contributed by atoms with Gasteiger partial charge >= 0.3 is 0 Å². The standard InChI is InChI=1S/C9H15N3O.ClH/c10-5-1-4-9(13)12-6-2-3-8(11)7-12;/h8H,1-4,6-7,11H2;1H/t8-;/m0./s1. The molecule has 1 rings (SSSR count). The summed E-state index contributed by atoms with van der Waals surface area (Å²) < 4.78 is 0. The molecule has 0 aromatic rings. The molecule has 5 heteroatoms. The van der Waals surface area contributed by atoms with Crippen LogP contribution < -0.4 is 5.73 Å². The molecule has 0 unspecified atom stereocenters. The van der Waals surface area contributed by atoms with Crippen LogP contribution in [0, 0.1) is 11.3 Å². The number of carbonyl (C=O) groups excluding carboxylic acids is 1. The number of nitrogens with two attached hydrogens (primary N) is 1. The summed E-state index contributed by atoms with van der Waals surface area (Å²) in [5.41, 5.74) is 5.73. The molecule has 0 saturated carbocycles. The van der Waals surface area contributed by atoms with Crippen LogP contribution in [0.15, 0.2) is 0 Å². The predicted molar refractivity (Wildman–Crippen MR) is 55.9 cm³/mol. The van der Waals surface area contributed by atoms with Gasteiger partial charge < -0.3 is 10.6 Å². The summed E-state index contributed by atoms with van der Waals surface area (Å²) in [6, 6.07) is 2.09. The Bertz CT molecular complexity index is 227. The summed E-state index contributed by atoms with van der Waals surface area (Å²) in [7, 11) is 0. The Balaban J connectivity index is 0.00000169. The number of halogens is 1. The van der Waals surface area contributed by atoms with E-state index in [9.17, 15) is 4.79 Å². The Morgan fingerprint density at radius 2 is 2.36 bits per heavy atom. The molecule has 0 aliphatic carbocycles. The molecule has 0 aromatic heterocycles. The molecule has 1 saturated heterocycles. The SMILES string of the molecule is Cl.N#CCCC(=O)N1CCC[C@H](N)C1. The smallest absolute Gasteiger partial charge is 0.223 e. The minimum absolute atomic E-state index is 0. The van der Waals surface area contributed by atoms with Crippen molar-refractivity contribution in [2.24, 2.45) is 5.73 Å². The van der Waals surface area contributed by atoms with Crippen molar-refractivity contribution in [2.45, 2.75) is 31.7 Å². The van der Waals surface area contributed by atoms with Gasteiger partial charge in [-0.15, -0.1) is 12.4 Å². The van der Waals surface area contributed by atoms with Crippen LogP contribution in [-0.2, 0) is 4.79 Å². The lowest BCUT2D eigenvalue weighted by Crippen LogP contribution is -2.45. The first-order valence-corrected chi connectivity index (χ1v) is 4.64. The molecule has 1 amide bonds. The number of hydrogen-bond acceptors (Lipinski definition) is 3. The van der Waals surface area contributed by atoms with Crippen LogP contribution in [0.2, 0.25) is 0 Å². The lowest BCUT2D eigenvalue weighted by Gasteiger charge is -2.30. The maximum absolute atomic E-state index is 11.4. The van der Waals surface area contributed by atoms with Crippen molar-refractivity contribution in [3.63, 3.8) is 0 Å². The van der Waals surface area contributed by atoms with E-state index in [1.807, 2.05) is 6.07 Å². The van der Waals surface area contributed by atoms with Gasteiger partial charge in [0.05, 0.1) is 6.07 Å². The second kappa shape index (κ2) is 6.63. The summed E-state index contributed by atoms with van der Waals surface area (Å²) in [5.74, 6) is 0.0664. The maximum Gasteiger partial charge on any atom is 0.223 e. The number of nitriles is 1. The summed E-state index contributed by atoms with van der Waals surface area (Å²) in [6.07, 6.45) is 2.63. The van der Waals surface area contributed by atoms with Crippen molar-refractivity contribution in [3.05, 3.63) is 0 Å². The molecule has 0 spiro atoms. The summed E-state index contributed by atoms with van der Waals surface area (Å²) in [4.78, 5) is 13.2. The maximum atomic E-state index is 11.4. The normalized spacial score (nSPS) is 20.9. The van der Waals surface area contributed by atoms with E-state index in [-0.39, 0.29) is 24.4 Å². The Hall–Kier alpha value is -0.790. The number of rotatable bonds is 2. The van der Waals surface area contributed by atoms with Crippen molar-refractivity contribution >= 4 is 18.3 Å². The molecular weight excluding hydrogens is 202 g/mol. The van der Waals surface area contributed by atoms with Crippen molar-refractivity contribution < 1.29 is 4.79 Å². The fraction of sp³-hybridized carbons (Fsp3) is 0.778. The summed E-state index contributed by atoms with van der Waals surface area (Å²) >= 11 is 0. The topological polar surface area (TPSA) is 70.1 Å². The number of nitrogens with zero attached hydrogens (tertiary/aromatic N) is 2. The molecule has 80 valence electrons. The predicted octanol–water partition coefficient (Wildman–Crippen LogP) is 0.662. The van der Waals surface area contributed by atoms with E-state index in [0.29, 0.717) is 19.4 Å². The van der Waals surface area contributed by atoms with Gasteiger partial charge in [-0.05, 0) is 12.8 Å². The van der Waals surface area contributed by atoms with Gasteiger partial charge in [0.25, 0.3) is 0 Å². The number of hydrogen-bond donors (Lipinski definition) is 1. The Morgan fingerprint density at radius 3 is 2.93 bits per heavy atom. The van der Waals surface area contributed by atoms with Crippen LogP contribution in [0.4, 0.5) is 0 Å². The van der Waals surface area contributed by atoms with E-state index in [0.717, 1.165) is 19.4 Å². The lowest BCUT2D eigenvalue weighted by molar-refractivity contribution is -0.132. The van der Waals surface area contributed by atoms with E-state index in [2.05, 4.69) is 0 Å². The second-order valence-corrected chi connectivity index (χ2v) is 3.40. The van der Waals surface area contributed by atoms with Crippen LogP contribution in [0.1, 0.15) is 25.7 Å². The van der Waals surface area contributed by atoms with E-state index >= 15 is 0 Å². The molecule has 1 atom stereocenters. The minimum atomic E-state index is 0. The highest BCUT2D eigenvalue weighted by atomic mass is 35.5. The van der Waals surface area contributed by atoms with Crippen LogP contribution in [-0.4, -0.2) is 29.9 Å². The largest absolute Gasteiger partial charge is 0.341 e. The fourth-order valence-corrected chi connectivity index (χ4v) is 1.56. The Kier molecular flexibility index (Phi) is 6.26. The van der Waals surface area contributed by atoms with Gasteiger partial charge in [0, 0.05) is 32.0 Å². The fourth-order valence-electron chi connectivity index (χ4n) is 1.56. The molecule has 1 fully saturated rings. The number of piperidine rings is 1. The van der Waals surface area contributed by atoms with Gasteiger partial charge in [0.15, 0.2) is 0 Å². The third-order valence-electron chi connectivity index (χ3n) is 2.26. The number of amides is 1. The molecule has 1 aliphatic rings. The number of likely N-dealkylation sites (tertiary alicyclic amines) is 1. The van der Waals surface area contributed by atoms with Crippen molar-refractivity contribution in [1.29, 1.82) is 5.26 Å². The van der Waals surface area contributed by atoms with Gasteiger partial charge in [-0.1, -0.05) is 0 Å². The molecule has 1 heterocycles. The first-order chi connectivity index (χ1) is 6.24. The van der Waals surface area contributed by atoms with E-state index < -0.39 is 0 Å². The van der Waals surface area contributed by atoms with Gasteiger partial charge in [-0.3, -0.25) is 4.79 Å². The van der Waals surface area contributed by atoms with Crippen LogP contribution >= 0.6 is 12.4 Å². The monoisotopic (exact) mass is 217 g/mol. The van der Waals surface area contributed by atoms with E-state index in [1.54, 1.807) is 4.90 Å². The molecule has 4 nitrogen and oxygen atoms in total. The van der Waals surface area contributed by atoms with Gasteiger partial charge in [-0.2, -0.15) is 5.26 Å². The van der Waals surface area contributed by atoms with Crippen molar-refractivity contribution in [3.8, 4) is 6.07 Å². The summed E-state index contributed by atoms with van der Waals surface area (Å²) in [6.45, 7) is 1.46. The zero-order valence-electron chi connectivity index (χ0n) is 8.11. The first kappa shape index (κ1) is 13.2. The Labute approximate surface area is 90.5 Å². The Morgan fingerprint density at radius 1 is 1.64 bits per heavy atom. The summed E-state index contributed by atoms with van der Waals surface area (Å²) in [5, 5.41) is 8.32. The molecule has 0 radical (unpaired) electrons. The quantitative estimate of drug-likeness (QED) is 0.739. The highest BCUT2D eigenvalue weighted by Crippen LogP contribution is 2.09. The third kappa shape index (κ3) is 3.95. The molecule has 2 N–H and O–H groups in total. The molecule has 0 aromatic carbocycles. The number of carbonyl (C=O) groups is 1. The average molecular weight is 218 g/mol. The third-order valence-corrected chi connectivity index (χ3v) is 2.26. The van der Waals surface area contributed by atoms with Crippen molar-refractivity contribution in [2.75, 3.05) is 13.1 Å². The average Bonchev–Trinajstić information content (AvgIpc) is 2.14. The molecule has 14 heavy (non-hydrogen) atoms. The van der Waals surface area contributed by atoms with Gasteiger partial charge in [-0.25, -0.2) is 0 Å². The van der Waals surface area contributed by atoms with Crippen molar-refractivity contribution in [1.82, 2.24) is 4.90 Å². The zero-order valence-corrected chi connectivity index (χ0v) is 8.92. The lowest BCUT2D eigenvalue weighted by atomic mass is 10.1. The second-order valence-electron chi connectivity index (χ2n) is 3.40. The van der Waals surface area contributed by atoms with Crippen LogP contribution in [0.3, 0.4) is 0 Å². The first-order valence-electron chi connectivity index (χ1n) is 4.64. The van der Waals surface area contributed by atoms with E-state index in [4.69, 9.17) is 11.0 Å². The highest BCUT2D eigenvalue weighted by molar-refractivity contribution is 5.85. The molecule has 1 aliphatic heterocycles. The van der Waals surface area contributed by atoms with E-state index in [1.165, 1.54) is 0 Å². The highest BCUT2D eigenvalue weighted by Gasteiger charge is 2.20. The van der Waals surface area contributed by atoms with Crippen LogP contribution in [0.5, 0.6) is 0 Å². The minimum Gasteiger partial charge on any atom is -0.341 e. The zero-order chi connectivity index (χ0) is 9.68.